The van der Waals surface area contributed by atoms with Crippen molar-refractivity contribution < 1.29 is 22.8 Å². The second-order valence-corrected chi connectivity index (χ2v) is 7.02. The number of halogens is 4. The molecule has 2 atom stereocenters. The summed E-state index contributed by atoms with van der Waals surface area (Å²) in [4.78, 5) is 28.8. The molecule has 1 heterocycles. The van der Waals surface area contributed by atoms with Crippen LogP contribution in [0.5, 0.6) is 0 Å². The Morgan fingerprint density at radius 2 is 1.86 bits per heavy atom. The number of hydrogen-bond acceptors (Lipinski definition) is 3. The molecule has 1 aliphatic heterocycles. The van der Waals surface area contributed by atoms with Crippen molar-refractivity contribution in [2.45, 2.75) is 37.5 Å². The zero-order valence-electron chi connectivity index (χ0n) is 16.7. The summed E-state index contributed by atoms with van der Waals surface area (Å²) in [5.41, 5.74) is -0.172. The Morgan fingerprint density at radius 3 is 2.38 bits per heavy atom. The van der Waals surface area contributed by atoms with Gasteiger partial charge in [0.25, 0.3) is 0 Å². The molecule has 1 aromatic rings. The predicted molar refractivity (Wildman–Crippen MR) is 108 cm³/mol. The van der Waals surface area contributed by atoms with Gasteiger partial charge in [0.15, 0.2) is 0 Å². The van der Waals surface area contributed by atoms with E-state index < -0.39 is 23.8 Å². The smallest absolute Gasteiger partial charge is 0.347 e. The van der Waals surface area contributed by atoms with E-state index in [0.717, 1.165) is 12.1 Å². The lowest BCUT2D eigenvalue weighted by Gasteiger charge is -2.35. The molecule has 1 aliphatic rings. The third-order valence-electron chi connectivity index (χ3n) is 4.82. The predicted octanol–water partition coefficient (Wildman–Crippen LogP) is 2.89. The van der Waals surface area contributed by atoms with Crippen molar-refractivity contribution in [3.8, 4) is 0 Å². The van der Waals surface area contributed by atoms with E-state index in [1.165, 1.54) is 17.0 Å². The second-order valence-electron chi connectivity index (χ2n) is 7.02. The van der Waals surface area contributed by atoms with Crippen LogP contribution < -0.4 is 5.32 Å². The molecule has 0 radical (unpaired) electrons. The van der Waals surface area contributed by atoms with Crippen molar-refractivity contribution >= 4 is 24.2 Å². The first-order valence-electron chi connectivity index (χ1n) is 9.15. The molecule has 0 saturated carbocycles. The van der Waals surface area contributed by atoms with Gasteiger partial charge in [-0.25, -0.2) is 0 Å². The van der Waals surface area contributed by atoms with Crippen LogP contribution in [-0.4, -0.2) is 61.4 Å². The van der Waals surface area contributed by atoms with Crippen LogP contribution in [-0.2, 0) is 22.2 Å². The van der Waals surface area contributed by atoms with Crippen molar-refractivity contribution in [2.24, 2.45) is 0 Å². The molecule has 9 heteroatoms. The van der Waals surface area contributed by atoms with E-state index in [1.807, 2.05) is 12.2 Å². The van der Waals surface area contributed by atoms with Gasteiger partial charge in [-0.2, -0.15) is 13.2 Å². The average molecular weight is 434 g/mol. The molecule has 0 unspecified atom stereocenters. The number of hydrogen-bond donors (Lipinski definition) is 1. The molecule has 162 valence electrons. The second kappa shape index (κ2) is 10.6. The summed E-state index contributed by atoms with van der Waals surface area (Å²) < 4.78 is 38.4. The number of rotatable bonds is 5. The summed E-state index contributed by atoms with van der Waals surface area (Å²) in [6.07, 6.45) is 0.791. The fraction of sp³-hybridized carbons (Fsp3) is 0.500. The lowest BCUT2D eigenvalue weighted by atomic mass is 9.99. The fourth-order valence-electron chi connectivity index (χ4n) is 3.21. The highest BCUT2D eigenvalue weighted by Gasteiger charge is 2.35. The van der Waals surface area contributed by atoms with Gasteiger partial charge in [-0.05, 0) is 37.6 Å². The summed E-state index contributed by atoms with van der Waals surface area (Å²) in [5, 5.41) is 2.97. The summed E-state index contributed by atoms with van der Waals surface area (Å²) in [6.45, 7) is 0.373. The maximum atomic E-state index is 13.0. The van der Waals surface area contributed by atoms with Gasteiger partial charge in [0.1, 0.15) is 6.04 Å². The van der Waals surface area contributed by atoms with E-state index in [1.54, 1.807) is 26.0 Å². The van der Waals surface area contributed by atoms with E-state index >= 15 is 0 Å². The highest BCUT2D eigenvalue weighted by atomic mass is 35.5. The topological polar surface area (TPSA) is 52.7 Å². The number of nitrogens with zero attached hydrogens (tertiary/aromatic N) is 2. The minimum Gasteiger partial charge on any atom is -0.347 e. The van der Waals surface area contributed by atoms with Gasteiger partial charge in [0, 0.05) is 27.1 Å². The maximum Gasteiger partial charge on any atom is 0.416 e. The van der Waals surface area contributed by atoms with Gasteiger partial charge >= 0.3 is 6.18 Å². The Hall–Kier alpha value is -2.06. The molecule has 0 spiro atoms. The first-order valence-corrected chi connectivity index (χ1v) is 9.15. The van der Waals surface area contributed by atoms with Crippen LogP contribution in [0.2, 0.25) is 0 Å². The largest absolute Gasteiger partial charge is 0.416 e. The zero-order chi connectivity index (χ0) is 20.9. The van der Waals surface area contributed by atoms with Crippen molar-refractivity contribution in [1.29, 1.82) is 0 Å². The number of amides is 2. The SMILES string of the molecule is CN[C@H]1C/C=C\CCN([C@@H](Cc2ccc(C(F)(F)F)cc2)C(=O)N(C)C)C1=O.Cl. The van der Waals surface area contributed by atoms with Crippen LogP contribution in [0.15, 0.2) is 36.4 Å². The highest BCUT2D eigenvalue weighted by Crippen LogP contribution is 2.29. The molecular formula is C20H27ClF3N3O2. The Bertz CT molecular complexity index is 721. The van der Waals surface area contributed by atoms with Crippen LogP contribution in [0.25, 0.3) is 0 Å². The van der Waals surface area contributed by atoms with Crippen molar-refractivity contribution in [1.82, 2.24) is 15.1 Å². The van der Waals surface area contributed by atoms with Gasteiger partial charge in [-0.1, -0.05) is 24.3 Å². The molecule has 0 aliphatic carbocycles. The van der Waals surface area contributed by atoms with E-state index in [4.69, 9.17) is 0 Å². The average Bonchev–Trinajstić information content (AvgIpc) is 2.63. The van der Waals surface area contributed by atoms with Crippen LogP contribution in [0.1, 0.15) is 24.0 Å². The number of likely N-dealkylation sites (N-methyl/N-ethyl adjacent to an activating group) is 2. The standard InChI is InChI=1S/C20H26F3N3O2.ClH/c1-24-16-7-5-4-6-12-26(18(16)27)17(19(28)25(2)3)13-14-8-10-15(11-9-14)20(21,22)23;/h4-5,8-11,16-17,24H,6-7,12-13H2,1-3H3;1H/b5-4-;/t16-,17-;/m0./s1. The molecule has 0 bridgehead atoms. The normalized spacial score (nSPS) is 19.6. The number of benzene rings is 1. The molecule has 5 nitrogen and oxygen atoms in total. The van der Waals surface area contributed by atoms with Crippen molar-refractivity contribution in [3.63, 3.8) is 0 Å². The summed E-state index contributed by atoms with van der Waals surface area (Å²) in [7, 11) is 4.90. The zero-order valence-corrected chi connectivity index (χ0v) is 17.5. The monoisotopic (exact) mass is 433 g/mol. The number of carbonyl (C=O) groups is 2. The van der Waals surface area contributed by atoms with Gasteiger partial charge in [-0.15, -0.1) is 12.4 Å². The Morgan fingerprint density at radius 1 is 1.24 bits per heavy atom. The van der Waals surface area contributed by atoms with Crippen molar-refractivity contribution in [2.75, 3.05) is 27.7 Å². The Kier molecular flexibility index (Phi) is 9.16. The van der Waals surface area contributed by atoms with Gasteiger partial charge < -0.3 is 15.1 Å². The first kappa shape index (κ1) is 25.0. The molecule has 2 amide bonds. The van der Waals surface area contributed by atoms with Gasteiger partial charge in [0.2, 0.25) is 11.8 Å². The molecule has 29 heavy (non-hydrogen) atoms. The van der Waals surface area contributed by atoms with E-state index in [9.17, 15) is 22.8 Å². The molecule has 1 N–H and O–H groups in total. The van der Waals surface area contributed by atoms with Crippen LogP contribution in [0, 0.1) is 0 Å². The summed E-state index contributed by atoms with van der Waals surface area (Å²) >= 11 is 0. The molecule has 1 aromatic carbocycles. The minimum atomic E-state index is -4.41. The van der Waals surface area contributed by atoms with Crippen molar-refractivity contribution in [3.05, 3.63) is 47.5 Å². The van der Waals surface area contributed by atoms with Crippen LogP contribution in [0.3, 0.4) is 0 Å². The van der Waals surface area contributed by atoms with Gasteiger partial charge in [-0.3, -0.25) is 9.59 Å². The molecule has 2 rings (SSSR count). The lowest BCUT2D eigenvalue weighted by Crippen LogP contribution is -2.55. The summed E-state index contributed by atoms with van der Waals surface area (Å²) in [6, 6.07) is 3.51. The lowest BCUT2D eigenvalue weighted by molar-refractivity contribution is -0.145. The van der Waals surface area contributed by atoms with Crippen LogP contribution >= 0.6 is 12.4 Å². The van der Waals surface area contributed by atoms with E-state index in [0.29, 0.717) is 24.9 Å². The quantitative estimate of drug-likeness (QED) is 0.726. The Balaban J connectivity index is 0.00000420. The third-order valence-corrected chi connectivity index (χ3v) is 4.82. The molecular weight excluding hydrogens is 407 g/mol. The van der Waals surface area contributed by atoms with E-state index in [2.05, 4.69) is 5.32 Å². The van der Waals surface area contributed by atoms with E-state index in [-0.39, 0.29) is 30.6 Å². The number of carbonyl (C=O) groups excluding carboxylic acids is 2. The molecule has 0 fully saturated rings. The van der Waals surface area contributed by atoms with Gasteiger partial charge in [0.05, 0.1) is 11.6 Å². The number of alkyl halides is 3. The first-order chi connectivity index (χ1) is 13.1. The minimum absolute atomic E-state index is 0. The third kappa shape index (κ3) is 6.47. The number of nitrogens with one attached hydrogen (secondary N) is 1. The highest BCUT2D eigenvalue weighted by molar-refractivity contribution is 5.90. The summed E-state index contributed by atoms with van der Waals surface area (Å²) in [5.74, 6) is -0.438. The van der Waals surface area contributed by atoms with Crippen LogP contribution in [0.4, 0.5) is 13.2 Å². The molecule has 0 saturated heterocycles. The molecule has 0 aromatic heterocycles. The Labute approximate surface area is 175 Å². The fourth-order valence-corrected chi connectivity index (χ4v) is 3.21. The maximum absolute atomic E-state index is 13.0.